The molecule has 0 aliphatic heterocycles. The molecule has 0 saturated carbocycles. The molecule has 23 heavy (non-hydrogen) atoms. The van der Waals surface area contributed by atoms with Gasteiger partial charge in [0.25, 0.3) is 5.56 Å². The molecule has 0 unspecified atom stereocenters. The predicted octanol–water partition coefficient (Wildman–Crippen LogP) is 2.97. The zero-order valence-corrected chi connectivity index (χ0v) is 14.4. The molecule has 5 nitrogen and oxygen atoms in total. The summed E-state index contributed by atoms with van der Waals surface area (Å²) in [6, 6.07) is 6.15. The Morgan fingerprint density at radius 1 is 1.35 bits per heavy atom. The molecule has 0 aliphatic rings. The van der Waals surface area contributed by atoms with Gasteiger partial charge in [0, 0.05) is 25.6 Å². The second kappa shape index (κ2) is 8.86. The largest absolute Gasteiger partial charge is 0.351 e. The van der Waals surface area contributed by atoms with Gasteiger partial charge in [-0.25, -0.2) is 9.37 Å². The molecule has 0 saturated heterocycles. The van der Waals surface area contributed by atoms with Crippen molar-refractivity contribution < 1.29 is 8.68 Å². The monoisotopic (exact) mass is 361 g/mol. The molecule has 8 heteroatoms. The van der Waals surface area contributed by atoms with Crippen molar-refractivity contribution in [2.45, 2.75) is 19.9 Å². The summed E-state index contributed by atoms with van der Waals surface area (Å²) in [5.74, 6) is 0.179. The molecule has 1 N–H and O–H groups in total. The van der Waals surface area contributed by atoms with Gasteiger partial charge in [0.2, 0.25) is 5.95 Å². The van der Waals surface area contributed by atoms with Crippen molar-refractivity contribution in [3.63, 3.8) is 0 Å². The van der Waals surface area contributed by atoms with Crippen LogP contribution in [0.2, 0.25) is 0 Å². The topological polar surface area (TPSA) is 56.2 Å². The number of aryl methyl sites for hydroxylation is 1. The van der Waals surface area contributed by atoms with E-state index in [9.17, 15) is 9.18 Å². The van der Waals surface area contributed by atoms with Crippen LogP contribution in [0.5, 0.6) is 0 Å². The number of rotatable bonds is 6. The molecule has 1 aromatic carbocycles. The summed E-state index contributed by atoms with van der Waals surface area (Å²) in [5, 5.41) is 3.09. The average molecular weight is 362 g/mol. The summed E-state index contributed by atoms with van der Waals surface area (Å²) in [6.07, 6.45) is 0.410. The van der Waals surface area contributed by atoms with E-state index in [1.54, 1.807) is 26.1 Å². The fourth-order valence-corrected chi connectivity index (χ4v) is 2.20. The van der Waals surface area contributed by atoms with Crippen molar-refractivity contribution in [1.29, 1.82) is 0 Å². The molecule has 126 valence electrons. The standard InChI is InChI=1S/C15H17ClFN3O2.ClH/c1-10-13(7-8-22-16)14(21)20(2)15(19-10)18-9-11-3-5-12(17)6-4-11;/h3-6H,7-9H2,1-2H3,(H,18,19);1H. The van der Waals surface area contributed by atoms with Crippen LogP contribution in [0.4, 0.5) is 10.3 Å². The van der Waals surface area contributed by atoms with Crippen LogP contribution >= 0.6 is 24.3 Å². The van der Waals surface area contributed by atoms with Gasteiger partial charge in [-0.1, -0.05) is 12.1 Å². The van der Waals surface area contributed by atoms with Crippen LogP contribution in [0.15, 0.2) is 29.1 Å². The average Bonchev–Trinajstić information content (AvgIpc) is 2.51. The van der Waals surface area contributed by atoms with Crippen LogP contribution in [-0.4, -0.2) is 16.2 Å². The van der Waals surface area contributed by atoms with E-state index in [-0.39, 0.29) is 30.4 Å². The van der Waals surface area contributed by atoms with Gasteiger partial charge < -0.3 is 5.32 Å². The lowest BCUT2D eigenvalue weighted by Crippen LogP contribution is -2.27. The minimum atomic E-state index is -0.281. The maximum Gasteiger partial charge on any atom is 0.258 e. The van der Waals surface area contributed by atoms with Crippen LogP contribution in [-0.2, 0) is 24.3 Å². The van der Waals surface area contributed by atoms with Crippen LogP contribution in [0.3, 0.4) is 0 Å². The van der Waals surface area contributed by atoms with E-state index in [1.165, 1.54) is 16.7 Å². The molecule has 0 bridgehead atoms. The van der Waals surface area contributed by atoms with Gasteiger partial charge in [-0.15, -0.1) is 12.4 Å². The zero-order valence-electron chi connectivity index (χ0n) is 12.8. The van der Waals surface area contributed by atoms with Crippen LogP contribution in [0.25, 0.3) is 0 Å². The lowest BCUT2D eigenvalue weighted by atomic mass is 10.2. The van der Waals surface area contributed by atoms with Crippen molar-refractivity contribution >= 4 is 30.2 Å². The van der Waals surface area contributed by atoms with Crippen LogP contribution in [0.1, 0.15) is 16.8 Å². The quantitative estimate of drug-likeness (QED) is 0.859. The molecule has 2 rings (SSSR count). The van der Waals surface area contributed by atoms with Gasteiger partial charge in [0.15, 0.2) is 0 Å². The van der Waals surface area contributed by atoms with Gasteiger partial charge in [0.05, 0.1) is 24.2 Å². The number of aromatic nitrogens is 2. The SMILES string of the molecule is Cc1nc(NCc2ccc(F)cc2)n(C)c(=O)c1CCOCl.Cl. The van der Waals surface area contributed by atoms with Crippen molar-refractivity contribution in [1.82, 2.24) is 9.55 Å². The van der Waals surface area contributed by atoms with E-state index < -0.39 is 0 Å². The Bertz CT molecular complexity index is 705. The van der Waals surface area contributed by atoms with Crippen LogP contribution in [0, 0.1) is 12.7 Å². The maximum atomic E-state index is 12.9. The van der Waals surface area contributed by atoms with E-state index in [0.29, 0.717) is 30.2 Å². The number of anilines is 1. The highest BCUT2D eigenvalue weighted by atomic mass is 35.5. The minimum absolute atomic E-state index is 0. The molecule has 0 aliphatic carbocycles. The Labute approximate surface area is 145 Å². The molecular formula is C15H18Cl2FN3O2. The van der Waals surface area contributed by atoms with Crippen molar-refractivity contribution in [2.75, 3.05) is 11.9 Å². The summed E-state index contributed by atoms with van der Waals surface area (Å²) in [5.41, 5.74) is 1.98. The number of hydrogen-bond donors (Lipinski definition) is 1. The Morgan fingerprint density at radius 2 is 2.00 bits per heavy atom. The highest BCUT2D eigenvalue weighted by Gasteiger charge is 2.11. The van der Waals surface area contributed by atoms with E-state index in [4.69, 9.17) is 11.9 Å². The first-order valence-electron chi connectivity index (χ1n) is 6.81. The first-order valence-corrected chi connectivity index (χ1v) is 7.12. The summed E-state index contributed by atoms with van der Waals surface area (Å²) in [7, 11) is 1.65. The number of nitrogens with zero attached hydrogens (tertiary/aromatic N) is 2. The molecule has 1 aromatic heterocycles. The second-order valence-corrected chi connectivity index (χ2v) is 5.13. The first kappa shape index (κ1) is 19.4. The highest BCUT2D eigenvalue weighted by molar-refractivity contribution is 6.07. The van der Waals surface area contributed by atoms with Crippen molar-refractivity contribution in [3.05, 3.63) is 57.3 Å². The third-order valence-corrected chi connectivity index (χ3v) is 3.54. The summed E-state index contributed by atoms with van der Waals surface area (Å²) < 4.78 is 18.8. The maximum absolute atomic E-state index is 12.9. The van der Waals surface area contributed by atoms with Gasteiger partial charge in [-0.3, -0.25) is 13.7 Å². The Hall–Kier alpha value is -1.63. The number of nitrogens with one attached hydrogen (secondary N) is 1. The van der Waals surface area contributed by atoms with Crippen molar-refractivity contribution in [3.8, 4) is 0 Å². The van der Waals surface area contributed by atoms with E-state index in [2.05, 4.69) is 14.6 Å². The Kier molecular flexibility index (Phi) is 7.48. The predicted molar refractivity (Wildman–Crippen MR) is 90.7 cm³/mol. The van der Waals surface area contributed by atoms with E-state index in [0.717, 1.165) is 5.56 Å². The normalized spacial score (nSPS) is 10.3. The third kappa shape index (κ3) is 4.92. The Morgan fingerprint density at radius 3 is 2.61 bits per heavy atom. The molecule has 1 heterocycles. The second-order valence-electron chi connectivity index (χ2n) is 4.91. The lowest BCUT2D eigenvalue weighted by molar-refractivity contribution is 0.355. The van der Waals surface area contributed by atoms with Crippen LogP contribution < -0.4 is 10.9 Å². The van der Waals surface area contributed by atoms with Gasteiger partial charge in [0.1, 0.15) is 5.82 Å². The smallest absolute Gasteiger partial charge is 0.258 e. The molecule has 2 aromatic rings. The van der Waals surface area contributed by atoms with Gasteiger partial charge >= 0.3 is 0 Å². The zero-order chi connectivity index (χ0) is 16.1. The third-order valence-electron chi connectivity index (χ3n) is 3.38. The molecule has 0 fully saturated rings. The molecular weight excluding hydrogens is 344 g/mol. The fraction of sp³-hybridized carbons (Fsp3) is 0.333. The first-order chi connectivity index (χ1) is 10.5. The van der Waals surface area contributed by atoms with Gasteiger partial charge in [-0.05, 0) is 24.6 Å². The number of hydrogen-bond acceptors (Lipinski definition) is 4. The van der Waals surface area contributed by atoms with Crippen molar-refractivity contribution in [2.24, 2.45) is 7.05 Å². The highest BCUT2D eigenvalue weighted by Crippen LogP contribution is 2.09. The molecule has 0 radical (unpaired) electrons. The van der Waals surface area contributed by atoms with E-state index in [1.807, 2.05) is 0 Å². The Balaban J connectivity index is 0.00000264. The number of benzene rings is 1. The molecule has 0 amide bonds. The summed E-state index contributed by atoms with van der Waals surface area (Å²) >= 11 is 5.19. The van der Waals surface area contributed by atoms with E-state index >= 15 is 0 Å². The summed E-state index contributed by atoms with van der Waals surface area (Å²) in [6.45, 7) is 2.47. The fourth-order valence-electron chi connectivity index (χ4n) is 2.12. The lowest BCUT2D eigenvalue weighted by Gasteiger charge is -2.13. The number of halogens is 3. The van der Waals surface area contributed by atoms with Gasteiger partial charge in [-0.2, -0.15) is 0 Å². The molecule has 0 atom stereocenters. The summed E-state index contributed by atoms with van der Waals surface area (Å²) in [4.78, 5) is 16.7. The molecule has 0 spiro atoms. The minimum Gasteiger partial charge on any atom is -0.351 e.